The number of rotatable bonds is 5. The van der Waals surface area contributed by atoms with E-state index in [1.165, 1.54) is 11.8 Å². The summed E-state index contributed by atoms with van der Waals surface area (Å²) in [6.45, 7) is 2.01. The molecule has 24 heavy (non-hydrogen) atoms. The Morgan fingerprint density at radius 2 is 1.88 bits per heavy atom. The predicted octanol–water partition coefficient (Wildman–Crippen LogP) is 5.12. The van der Waals surface area contributed by atoms with Crippen LogP contribution in [0.15, 0.2) is 71.0 Å². The van der Waals surface area contributed by atoms with Crippen molar-refractivity contribution in [2.24, 2.45) is 0 Å². The Morgan fingerprint density at radius 3 is 2.62 bits per heavy atom. The number of amides is 1. The van der Waals surface area contributed by atoms with Gasteiger partial charge >= 0.3 is 0 Å². The predicted molar refractivity (Wildman–Crippen MR) is 102 cm³/mol. The molecule has 0 aliphatic heterocycles. The quantitative estimate of drug-likeness (QED) is 0.471. The van der Waals surface area contributed by atoms with Crippen LogP contribution in [0.5, 0.6) is 0 Å². The Labute approximate surface area is 150 Å². The summed E-state index contributed by atoms with van der Waals surface area (Å²) in [7, 11) is 1.82. The fourth-order valence-electron chi connectivity index (χ4n) is 2.21. The first-order valence-electron chi connectivity index (χ1n) is 7.65. The SMILES string of the molecule is C[C@H](c1nc2ccccc2s1)N(C)C(=O)/C=C/Sc1ccccc1. The summed E-state index contributed by atoms with van der Waals surface area (Å²) < 4.78 is 1.15. The van der Waals surface area contributed by atoms with Crippen LogP contribution < -0.4 is 0 Å². The normalized spacial score (nSPS) is 12.6. The number of carbonyl (C=O) groups excluding carboxylic acids is 1. The number of likely N-dealkylation sites (N-methyl/N-ethyl adjacent to an activating group) is 1. The van der Waals surface area contributed by atoms with Crippen molar-refractivity contribution in [1.29, 1.82) is 0 Å². The van der Waals surface area contributed by atoms with Crippen molar-refractivity contribution in [3.05, 3.63) is 71.1 Å². The highest BCUT2D eigenvalue weighted by atomic mass is 32.2. The van der Waals surface area contributed by atoms with E-state index in [0.717, 1.165) is 20.1 Å². The van der Waals surface area contributed by atoms with Crippen molar-refractivity contribution in [3.63, 3.8) is 0 Å². The first-order valence-corrected chi connectivity index (χ1v) is 9.35. The molecule has 0 saturated carbocycles. The van der Waals surface area contributed by atoms with Crippen LogP contribution in [0.3, 0.4) is 0 Å². The molecule has 0 unspecified atom stereocenters. The van der Waals surface area contributed by atoms with Crippen LogP contribution in [0.2, 0.25) is 0 Å². The zero-order valence-corrected chi connectivity index (χ0v) is 15.2. The molecule has 1 atom stereocenters. The fraction of sp³-hybridized carbons (Fsp3) is 0.158. The fourth-order valence-corrected chi connectivity index (χ4v) is 3.93. The van der Waals surface area contributed by atoms with E-state index in [9.17, 15) is 4.79 Å². The van der Waals surface area contributed by atoms with Crippen molar-refractivity contribution < 1.29 is 4.79 Å². The molecule has 5 heteroatoms. The summed E-state index contributed by atoms with van der Waals surface area (Å²) >= 11 is 3.17. The van der Waals surface area contributed by atoms with Crippen molar-refractivity contribution >= 4 is 39.2 Å². The number of hydrogen-bond acceptors (Lipinski definition) is 4. The average molecular weight is 354 g/mol. The third-order valence-corrected chi connectivity index (χ3v) is 5.78. The van der Waals surface area contributed by atoms with Crippen LogP contribution in [0.25, 0.3) is 10.2 Å². The molecule has 0 aliphatic carbocycles. The minimum Gasteiger partial charge on any atom is -0.333 e. The van der Waals surface area contributed by atoms with Gasteiger partial charge in [0.1, 0.15) is 5.01 Å². The van der Waals surface area contributed by atoms with Gasteiger partial charge in [-0.1, -0.05) is 42.1 Å². The molecule has 2 aromatic carbocycles. The smallest absolute Gasteiger partial charge is 0.247 e. The number of nitrogens with zero attached hydrogens (tertiary/aromatic N) is 2. The Morgan fingerprint density at radius 1 is 1.17 bits per heavy atom. The zero-order chi connectivity index (χ0) is 16.9. The monoisotopic (exact) mass is 354 g/mol. The van der Waals surface area contributed by atoms with Gasteiger partial charge in [-0.25, -0.2) is 4.98 Å². The van der Waals surface area contributed by atoms with Crippen LogP contribution in [0, 0.1) is 0 Å². The number of fused-ring (bicyclic) bond motifs is 1. The van der Waals surface area contributed by atoms with E-state index in [0.29, 0.717) is 0 Å². The second-order valence-electron chi connectivity index (χ2n) is 5.38. The lowest BCUT2D eigenvalue weighted by Crippen LogP contribution is -2.27. The van der Waals surface area contributed by atoms with Gasteiger partial charge in [-0.05, 0) is 36.6 Å². The Hall–Kier alpha value is -2.11. The van der Waals surface area contributed by atoms with E-state index in [1.54, 1.807) is 22.3 Å². The Bertz CT molecular complexity index is 825. The van der Waals surface area contributed by atoms with Gasteiger partial charge < -0.3 is 4.90 Å². The second kappa shape index (κ2) is 7.64. The van der Waals surface area contributed by atoms with Crippen LogP contribution in [-0.2, 0) is 4.79 Å². The lowest BCUT2D eigenvalue weighted by atomic mass is 10.3. The van der Waals surface area contributed by atoms with Crippen LogP contribution in [-0.4, -0.2) is 22.8 Å². The van der Waals surface area contributed by atoms with Crippen molar-refractivity contribution in [2.75, 3.05) is 7.05 Å². The maximum atomic E-state index is 12.4. The molecule has 0 bridgehead atoms. The largest absolute Gasteiger partial charge is 0.333 e. The van der Waals surface area contributed by atoms with E-state index in [-0.39, 0.29) is 11.9 Å². The Balaban J connectivity index is 1.66. The van der Waals surface area contributed by atoms with Gasteiger partial charge in [0.2, 0.25) is 5.91 Å². The highest BCUT2D eigenvalue weighted by Gasteiger charge is 2.19. The maximum Gasteiger partial charge on any atom is 0.247 e. The zero-order valence-electron chi connectivity index (χ0n) is 13.5. The first-order chi connectivity index (χ1) is 11.6. The number of thiazole rings is 1. The summed E-state index contributed by atoms with van der Waals surface area (Å²) in [6, 6.07) is 18.0. The van der Waals surface area contributed by atoms with E-state index < -0.39 is 0 Å². The average Bonchev–Trinajstić information content (AvgIpc) is 3.05. The van der Waals surface area contributed by atoms with Crippen molar-refractivity contribution in [1.82, 2.24) is 9.88 Å². The third-order valence-electron chi connectivity index (χ3n) is 3.75. The number of benzene rings is 2. The van der Waals surface area contributed by atoms with E-state index in [1.807, 2.05) is 67.9 Å². The number of aromatic nitrogens is 1. The molecule has 3 rings (SSSR count). The van der Waals surface area contributed by atoms with Gasteiger partial charge in [-0.2, -0.15) is 0 Å². The molecule has 3 nitrogen and oxygen atoms in total. The highest BCUT2D eigenvalue weighted by molar-refractivity contribution is 8.02. The van der Waals surface area contributed by atoms with Gasteiger partial charge in [-0.3, -0.25) is 4.79 Å². The van der Waals surface area contributed by atoms with Crippen molar-refractivity contribution in [2.45, 2.75) is 17.9 Å². The number of carbonyl (C=O) groups is 1. The topological polar surface area (TPSA) is 33.2 Å². The van der Waals surface area contributed by atoms with Gasteiger partial charge in [0.15, 0.2) is 0 Å². The molecule has 0 aliphatic rings. The molecule has 1 heterocycles. The van der Waals surface area contributed by atoms with Gasteiger partial charge in [0.05, 0.1) is 16.3 Å². The Kier molecular flexibility index (Phi) is 5.33. The second-order valence-corrected chi connectivity index (χ2v) is 7.42. The minimum atomic E-state index is -0.0544. The number of thioether (sulfide) groups is 1. The lowest BCUT2D eigenvalue weighted by molar-refractivity contribution is -0.126. The summed E-state index contributed by atoms with van der Waals surface area (Å²) in [5.74, 6) is -0.0230. The summed E-state index contributed by atoms with van der Waals surface area (Å²) in [5.41, 5.74) is 0.986. The van der Waals surface area contributed by atoms with E-state index in [4.69, 9.17) is 0 Å². The van der Waals surface area contributed by atoms with E-state index in [2.05, 4.69) is 11.1 Å². The van der Waals surface area contributed by atoms with Gasteiger partial charge in [-0.15, -0.1) is 11.3 Å². The van der Waals surface area contributed by atoms with Crippen LogP contribution in [0.1, 0.15) is 18.0 Å². The summed E-state index contributed by atoms with van der Waals surface area (Å²) in [4.78, 5) is 19.8. The lowest BCUT2D eigenvalue weighted by Gasteiger charge is -2.21. The summed E-state index contributed by atoms with van der Waals surface area (Å²) in [5, 5.41) is 2.79. The molecule has 1 amide bonds. The molecular formula is C19H18N2OS2. The molecule has 0 N–H and O–H groups in total. The molecule has 122 valence electrons. The first kappa shape index (κ1) is 16.7. The minimum absolute atomic E-state index is 0.0230. The molecule has 0 fully saturated rings. The molecule has 1 aromatic heterocycles. The maximum absolute atomic E-state index is 12.4. The number of para-hydroxylation sites is 1. The standard InChI is InChI=1S/C19H18N2OS2/c1-14(19-20-16-10-6-7-11-17(16)24-19)21(2)18(22)12-13-23-15-8-4-3-5-9-15/h3-14H,1-2H3/b13-12+/t14-/m1/s1. The van der Waals surface area contributed by atoms with Gasteiger partial charge in [0.25, 0.3) is 0 Å². The molecule has 0 saturated heterocycles. The highest BCUT2D eigenvalue weighted by Crippen LogP contribution is 2.29. The van der Waals surface area contributed by atoms with Crippen molar-refractivity contribution in [3.8, 4) is 0 Å². The molecule has 0 radical (unpaired) electrons. The van der Waals surface area contributed by atoms with E-state index >= 15 is 0 Å². The van der Waals surface area contributed by atoms with Gasteiger partial charge in [0, 0.05) is 18.0 Å². The third kappa shape index (κ3) is 3.86. The molecule has 0 spiro atoms. The number of hydrogen-bond donors (Lipinski definition) is 0. The van der Waals surface area contributed by atoms with Crippen LogP contribution >= 0.6 is 23.1 Å². The molecular weight excluding hydrogens is 336 g/mol. The summed E-state index contributed by atoms with van der Waals surface area (Å²) in [6.07, 6.45) is 1.61. The molecule has 3 aromatic rings. The van der Waals surface area contributed by atoms with Crippen LogP contribution in [0.4, 0.5) is 0 Å².